The van der Waals surface area contributed by atoms with Crippen LogP contribution in [0.3, 0.4) is 0 Å². The van der Waals surface area contributed by atoms with E-state index in [0.717, 1.165) is 22.6 Å². The SMILES string of the molecule is COc1ccc(C(CN)Oc2ccc(CCO)cc2)cc1. The Morgan fingerprint density at radius 1 is 1.00 bits per heavy atom. The van der Waals surface area contributed by atoms with Gasteiger partial charge in [0.05, 0.1) is 7.11 Å². The smallest absolute Gasteiger partial charge is 0.136 e. The molecule has 3 N–H and O–H groups in total. The van der Waals surface area contributed by atoms with Crippen molar-refractivity contribution in [3.05, 3.63) is 59.7 Å². The average molecular weight is 287 g/mol. The lowest BCUT2D eigenvalue weighted by Gasteiger charge is -2.18. The zero-order valence-electron chi connectivity index (χ0n) is 12.2. The normalized spacial score (nSPS) is 12.0. The van der Waals surface area contributed by atoms with Gasteiger partial charge in [0.15, 0.2) is 0 Å². The van der Waals surface area contributed by atoms with E-state index >= 15 is 0 Å². The topological polar surface area (TPSA) is 64.7 Å². The second-order valence-corrected chi connectivity index (χ2v) is 4.73. The molecule has 2 rings (SSSR count). The summed E-state index contributed by atoms with van der Waals surface area (Å²) in [5.74, 6) is 1.57. The van der Waals surface area contributed by atoms with E-state index in [-0.39, 0.29) is 12.7 Å². The Kier molecular flexibility index (Phi) is 5.60. The van der Waals surface area contributed by atoms with E-state index in [2.05, 4.69) is 0 Å². The number of benzene rings is 2. The van der Waals surface area contributed by atoms with Crippen molar-refractivity contribution >= 4 is 0 Å². The molecule has 0 aromatic heterocycles. The van der Waals surface area contributed by atoms with E-state index in [4.69, 9.17) is 20.3 Å². The first-order chi connectivity index (χ1) is 10.3. The van der Waals surface area contributed by atoms with Gasteiger partial charge in [-0.15, -0.1) is 0 Å². The molecule has 1 atom stereocenters. The predicted molar refractivity (Wildman–Crippen MR) is 82.6 cm³/mol. The molecule has 0 saturated carbocycles. The van der Waals surface area contributed by atoms with Gasteiger partial charge in [-0.05, 0) is 41.8 Å². The Morgan fingerprint density at radius 2 is 1.62 bits per heavy atom. The summed E-state index contributed by atoms with van der Waals surface area (Å²) in [6.07, 6.45) is 0.457. The average Bonchev–Trinajstić information content (AvgIpc) is 2.54. The molecular weight excluding hydrogens is 266 g/mol. The van der Waals surface area contributed by atoms with Crippen LogP contribution in [0.5, 0.6) is 11.5 Å². The van der Waals surface area contributed by atoms with Crippen LogP contribution in [-0.2, 0) is 6.42 Å². The summed E-state index contributed by atoms with van der Waals surface area (Å²) in [5, 5.41) is 8.91. The molecule has 0 amide bonds. The van der Waals surface area contributed by atoms with Crippen LogP contribution in [-0.4, -0.2) is 25.4 Å². The van der Waals surface area contributed by atoms with Crippen molar-refractivity contribution in [3.8, 4) is 11.5 Å². The molecule has 0 fully saturated rings. The van der Waals surface area contributed by atoms with Gasteiger partial charge in [-0.3, -0.25) is 0 Å². The maximum atomic E-state index is 8.91. The number of aliphatic hydroxyl groups is 1. The lowest BCUT2D eigenvalue weighted by atomic mass is 10.1. The van der Waals surface area contributed by atoms with Crippen molar-refractivity contribution in [1.29, 1.82) is 0 Å². The number of methoxy groups -OCH3 is 1. The van der Waals surface area contributed by atoms with Crippen molar-refractivity contribution in [2.24, 2.45) is 5.73 Å². The molecule has 112 valence electrons. The van der Waals surface area contributed by atoms with Gasteiger partial charge in [0, 0.05) is 13.2 Å². The standard InChI is InChI=1S/C17H21NO3/c1-20-15-8-4-14(5-9-15)17(12-18)21-16-6-2-13(3-7-16)10-11-19/h2-9,17,19H,10-12,18H2,1H3. The highest BCUT2D eigenvalue weighted by molar-refractivity contribution is 5.31. The molecule has 0 saturated heterocycles. The third-order valence-electron chi connectivity index (χ3n) is 3.30. The molecule has 0 spiro atoms. The van der Waals surface area contributed by atoms with E-state index in [1.54, 1.807) is 7.11 Å². The minimum Gasteiger partial charge on any atom is -0.497 e. The fraction of sp³-hybridized carbons (Fsp3) is 0.294. The Bertz CT molecular complexity index is 537. The Labute approximate surface area is 125 Å². The maximum absolute atomic E-state index is 8.91. The lowest BCUT2D eigenvalue weighted by molar-refractivity contribution is 0.214. The fourth-order valence-corrected chi connectivity index (χ4v) is 2.10. The first-order valence-electron chi connectivity index (χ1n) is 6.97. The number of aliphatic hydroxyl groups excluding tert-OH is 1. The quantitative estimate of drug-likeness (QED) is 0.820. The summed E-state index contributed by atoms with van der Waals surface area (Å²) in [5.41, 5.74) is 7.91. The monoisotopic (exact) mass is 287 g/mol. The maximum Gasteiger partial charge on any atom is 0.136 e. The summed E-state index contributed by atoms with van der Waals surface area (Å²) in [6.45, 7) is 0.544. The van der Waals surface area contributed by atoms with Gasteiger partial charge in [0.25, 0.3) is 0 Å². The molecule has 2 aromatic rings. The van der Waals surface area contributed by atoms with Gasteiger partial charge in [0.2, 0.25) is 0 Å². The molecule has 0 aliphatic carbocycles. The molecule has 0 aliphatic heterocycles. The molecular formula is C17H21NO3. The van der Waals surface area contributed by atoms with Gasteiger partial charge in [0.1, 0.15) is 17.6 Å². The van der Waals surface area contributed by atoms with Gasteiger partial charge in [-0.2, -0.15) is 0 Å². The molecule has 4 heteroatoms. The molecule has 21 heavy (non-hydrogen) atoms. The first-order valence-corrected chi connectivity index (χ1v) is 6.97. The van der Waals surface area contributed by atoms with Crippen molar-refractivity contribution < 1.29 is 14.6 Å². The van der Waals surface area contributed by atoms with E-state index in [9.17, 15) is 0 Å². The number of rotatable bonds is 7. The van der Waals surface area contributed by atoms with Crippen molar-refractivity contribution in [2.75, 3.05) is 20.3 Å². The lowest BCUT2D eigenvalue weighted by Crippen LogP contribution is -2.18. The molecule has 4 nitrogen and oxygen atoms in total. The van der Waals surface area contributed by atoms with Gasteiger partial charge in [-0.1, -0.05) is 24.3 Å². The highest BCUT2D eigenvalue weighted by atomic mass is 16.5. The largest absolute Gasteiger partial charge is 0.497 e. The minimum atomic E-state index is -0.195. The highest BCUT2D eigenvalue weighted by Crippen LogP contribution is 2.23. The van der Waals surface area contributed by atoms with Crippen LogP contribution in [0.25, 0.3) is 0 Å². The number of hydrogen-bond donors (Lipinski definition) is 2. The molecule has 2 aromatic carbocycles. The van der Waals surface area contributed by atoms with Crippen LogP contribution in [0.1, 0.15) is 17.2 Å². The van der Waals surface area contributed by atoms with Crippen molar-refractivity contribution in [2.45, 2.75) is 12.5 Å². The van der Waals surface area contributed by atoms with Crippen LogP contribution in [0.15, 0.2) is 48.5 Å². The summed E-state index contributed by atoms with van der Waals surface area (Å²) >= 11 is 0. The molecule has 1 unspecified atom stereocenters. The zero-order valence-corrected chi connectivity index (χ0v) is 12.2. The van der Waals surface area contributed by atoms with E-state index in [1.165, 1.54) is 0 Å². The number of ether oxygens (including phenoxy) is 2. The summed E-state index contributed by atoms with van der Waals surface area (Å²) < 4.78 is 11.1. The van der Waals surface area contributed by atoms with Gasteiger partial charge < -0.3 is 20.3 Å². The third kappa shape index (κ3) is 4.21. The summed E-state index contributed by atoms with van der Waals surface area (Å²) in [7, 11) is 1.64. The Morgan fingerprint density at radius 3 is 2.14 bits per heavy atom. The molecule has 0 bridgehead atoms. The van der Waals surface area contributed by atoms with Gasteiger partial charge in [-0.25, -0.2) is 0 Å². The van der Waals surface area contributed by atoms with Crippen LogP contribution in [0, 0.1) is 0 Å². The molecule has 0 heterocycles. The van der Waals surface area contributed by atoms with E-state index in [0.29, 0.717) is 13.0 Å². The second kappa shape index (κ2) is 7.67. The fourth-order valence-electron chi connectivity index (χ4n) is 2.10. The highest BCUT2D eigenvalue weighted by Gasteiger charge is 2.11. The summed E-state index contributed by atoms with van der Waals surface area (Å²) in [4.78, 5) is 0. The Hall–Kier alpha value is -2.04. The van der Waals surface area contributed by atoms with Crippen LogP contribution < -0.4 is 15.2 Å². The van der Waals surface area contributed by atoms with Crippen LogP contribution in [0.2, 0.25) is 0 Å². The van der Waals surface area contributed by atoms with E-state index in [1.807, 2.05) is 48.5 Å². The minimum absolute atomic E-state index is 0.150. The zero-order chi connectivity index (χ0) is 15.1. The van der Waals surface area contributed by atoms with Crippen LogP contribution >= 0.6 is 0 Å². The predicted octanol–water partition coefficient (Wildman–Crippen LogP) is 2.31. The van der Waals surface area contributed by atoms with Gasteiger partial charge >= 0.3 is 0 Å². The first kappa shape index (κ1) is 15.4. The summed E-state index contributed by atoms with van der Waals surface area (Å²) in [6, 6.07) is 15.4. The Balaban J connectivity index is 2.06. The third-order valence-corrected chi connectivity index (χ3v) is 3.30. The molecule has 0 aliphatic rings. The number of nitrogens with two attached hydrogens (primary N) is 1. The van der Waals surface area contributed by atoms with Crippen LogP contribution in [0.4, 0.5) is 0 Å². The van der Waals surface area contributed by atoms with Crippen molar-refractivity contribution in [3.63, 3.8) is 0 Å². The van der Waals surface area contributed by atoms with E-state index < -0.39 is 0 Å². The second-order valence-electron chi connectivity index (χ2n) is 4.73. The van der Waals surface area contributed by atoms with Crippen molar-refractivity contribution in [1.82, 2.24) is 0 Å². The number of hydrogen-bond acceptors (Lipinski definition) is 4. The molecule has 0 radical (unpaired) electrons.